The first-order chi connectivity index (χ1) is 14.2. The van der Waals surface area contributed by atoms with Gasteiger partial charge in [-0.1, -0.05) is 24.3 Å². The van der Waals surface area contributed by atoms with E-state index in [-0.39, 0.29) is 28.9 Å². The van der Waals surface area contributed by atoms with E-state index in [0.29, 0.717) is 12.0 Å². The van der Waals surface area contributed by atoms with Gasteiger partial charge in [0.2, 0.25) is 0 Å². The topological polar surface area (TPSA) is 101 Å². The third kappa shape index (κ3) is 2.49. The number of hydrogen-bond acceptors (Lipinski definition) is 5. The lowest BCUT2D eigenvalue weighted by atomic mass is 9.56. The Balaban J connectivity index is 2.09. The predicted molar refractivity (Wildman–Crippen MR) is 101 cm³/mol. The maximum Gasteiger partial charge on any atom is 0.416 e. The number of nitrogens with two attached hydrogens (primary N) is 1. The molecule has 5 nitrogen and oxygen atoms in total. The van der Waals surface area contributed by atoms with Crippen molar-refractivity contribution in [2.24, 2.45) is 17.1 Å². The fourth-order valence-corrected chi connectivity index (χ4v) is 5.46. The van der Waals surface area contributed by atoms with Crippen molar-refractivity contribution in [1.82, 2.24) is 4.90 Å². The molecule has 4 atom stereocenters. The van der Waals surface area contributed by atoms with E-state index >= 15 is 0 Å². The van der Waals surface area contributed by atoms with Gasteiger partial charge in [-0.25, -0.2) is 0 Å². The van der Waals surface area contributed by atoms with Gasteiger partial charge in [-0.05, 0) is 37.1 Å². The van der Waals surface area contributed by atoms with E-state index in [2.05, 4.69) is 4.90 Å². The Morgan fingerprint density at radius 1 is 1.13 bits per heavy atom. The molecular weight excluding hydrogens is 391 g/mol. The summed E-state index contributed by atoms with van der Waals surface area (Å²) in [7, 11) is 1.89. The number of rotatable bonds is 1. The number of halogens is 3. The maximum absolute atomic E-state index is 13.9. The molecule has 0 radical (unpaired) electrons. The fourth-order valence-electron chi connectivity index (χ4n) is 5.46. The highest BCUT2D eigenvalue weighted by Crippen LogP contribution is 2.59. The Morgan fingerprint density at radius 2 is 1.80 bits per heavy atom. The molecule has 1 fully saturated rings. The molecule has 2 bridgehead atoms. The fraction of sp³-hybridized carbons (Fsp3) is 0.409. The third-order valence-electron chi connectivity index (χ3n) is 6.82. The Hall–Kier alpha value is -3.28. The summed E-state index contributed by atoms with van der Waals surface area (Å²) < 4.78 is 41.7. The SMILES string of the molecule is CN1[C@@H]2C=C3C(C#N)=C(N)C(C#N)(C#N)[C@@H](c4ccccc4C(F)(F)F)[C@@H]3[C@H]1CC2. The van der Waals surface area contributed by atoms with Crippen LogP contribution in [-0.4, -0.2) is 24.0 Å². The van der Waals surface area contributed by atoms with Crippen molar-refractivity contribution >= 4 is 0 Å². The second-order valence-corrected chi connectivity index (χ2v) is 8.02. The van der Waals surface area contributed by atoms with Gasteiger partial charge < -0.3 is 5.73 Å². The number of likely N-dealkylation sites (N-methyl/N-ethyl adjacent to an activating group) is 1. The molecule has 4 rings (SSSR count). The van der Waals surface area contributed by atoms with E-state index in [1.807, 2.05) is 31.3 Å². The average molecular weight is 409 g/mol. The summed E-state index contributed by atoms with van der Waals surface area (Å²) in [5.74, 6) is -1.78. The molecule has 30 heavy (non-hydrogen) atoms. The van der Waals surface area contributed by atoms with E-state index < -0.39 is 29.0 Å². The van der Waals surface area contributed by atoms with Crippen molar-refractivity contribution in [3.63, 3.8) is 0 Å². The van der Waals surface area contributed by atoms with Gasteiger partial charge in [0, 0.05) is 23.9 Å². The van der Waals surface area contributed by atoms with Crippen LogP contribution in [0.3, 0.4) is 0 Å². The molecule has 0 amide bonds. The zero-order chi connectivity index (χ0) is 21.8. The molecule has 2 heterocycles. The van der Waals surface area contributed by atoms with Crippen molar-refractivity contribution < 1.29 is 13.2 Å². The number of nitriles is 3. The molecule has 0 saturated carbocycles. The Bertz CT molecular complexity index is 1080. The highest BCUT2D eigenvalue weighted by atomic mass is 19.4. The van der Waals surface area contributed by atoms with Crippen LogP contribution in [0.2, 0.25) is 0 Å². The van der Waals surface area contributed by atoms with Crippen LogP contribution in [0.5, 0.6) is 0 Å². The molecule has 1 aliphatic carbocycles. The van der Waals surface area contributed by atoms with E-state index in [1.165, 1.54) is 18.2 Å². The number of nitrogens with zero attached hydrogens (tertiary/aromatic N) is 4. The number of benzene rings is 1. The van der Waals surface area contributed by atoms with E-state index in [4.69, 9.17) is 5.73 Å². The van der Waals surface area contributed by atoms with Gasteiger partial charge in [0.15, 0.2) is 5.41 Å². The smallest absolute Gasteiger partial charge is 0.399 e. The van der Waals surface area contributed by atoms with Crippen LogP contribution >= 0.6 is 0 Å². The summed E-state index contributed by atoms with van der Waals surface area (Å²) >= 11 is 0. The lowest BCUT2D eigenvalue weighted by Crippen LogP contribution is -2.51. The summed E-state index contributed by atoms with van der Waals surface area (Å²) in [6.07, 6.45) is -1.30. The van der Waals surface area contributed by atoms with Gasteiger partial charge in [0.1, 0.15) is 6.07 Å². The van der Waals surface area contributed by atoms with Crippen LogP contribution in [0.25, 0.3) is 0 Å². The largest absolute Gasteiger partial charge is 0.416 e. The first-order valence-corrected chi connectivity index (χ1v) is 9.54. The van der Waals surface area contributed by atoms with Crippen molar-refractivity contribution in [3.8, 4) is 18.2 Å². The zero-order valence-electron chi connectivity index (χ0n) is 16.1. The number of fused-ring (bicyclic) bond motifs is 4. The van der Waals surface area contributed by atoms with Crippen molar-refractivity contribution in [2.75, 3.05) is 7.05 Å². The van der Waals surface area contributed by atoms with Crippen LogP contribution < -0.4 is 5.73 Å². The van der Waals surface area contributed by atoms with Gasteiger partial charge >= 0.3 is 6.18 Å². The maximum atomic E-state index is 13.9. The highest BCUT2D eigenvalue weighted by molar-refractivity contribution is 5.61. The molecule has 2 N–H and O–H groups in total. The Morgan fingerprint density at radius 3 is 2.40 bits per heavy atom. The number of alkyl halides is 3. The van der Waals surface area contributed by atoms with Crippen LogP contribution in [-0.2, 0) is 6.18 Å². The lowest BCUT2D eigenvalue weighted by molar-refractivity contribution is -0.138. The molecule has 1 aromatic carbocycles. The zero-order valence-corrected chi connectivity index (χ0v) is 16.1. The third-order valence-corrected chi connectivity index (χ3v) is 6.82. The molecule has 1 aromatic rings. The number of hydrogen-bond donors (Lipinski definition) is 1. The molecule has 0 unspecified atom stereocenters. The van der Waals surface area contributed by atoms with Gasteiger partial charge in [0.25, 0.3) is 0 Å². The van der Waals surface area contributed by atoms with Crippen molar-refractivity contribution in [3.05, 3.63) is 58.3 Å². The second kappa shape index (κ2) is 6.62. The standard InChI is InChI=1S/C22H18F3N5/c1-30-12-6-7-17(30)18-14(8-12)15(9-26)20(29)21(10-27,11-28)19(18)13-4-2-3-5-16(13)22(23,24)25/h2-5,8,12,17-19H,6-7,29H2,1H3/t12-,17+,18-,19-/m0/s1. The average Bonchev–Trinajstić information content (AvgIpc) is 2.95. The molecule has 8 heteroatoms. The minimum atomic E-state index is -4.66. The first-order valence-electron chi connectivity index (χ1n) is 9.54. The molecular formula is C22H18F3N5. The molecule has 1 saturated heterocycles. The molecule has 3 aliphatic rings. The summed E-state index contributed by atoms with van der Waals surface area (Å²) in [6, 6.07) is 10.7. The normalized spacial score (nSPS) is 30.0. The molecule has 2 aliphatic heterocycles. The quantitative estimate of drug-likeness (QED) is 0.764. The van der Waals surface area contributed by atoms with E-state index in [0.717, 1.165) is 12.5 Å². The Labute approximate surface area is 172 Å². The second-order valence-electron chi connectivity index (χ2n) is 8.02. The lowest BCUT2D eigenvalue weighted by Gasteiger charge is -2.48. The Kier molecular flexibility index (Phi) is 4.42. The predicted octanol–water partition coefficient (Wildman–Crippen LogP) is 3.59. The minimum absolute atomic E-state index is 0.0487. The minimum Gasteiger partial charge on any atom is -0.399 e. The van der Waals surface area contributed by atoms with Gasteiger partial charge in [-0.15, -0.1) is 0 Å². The van der Waals surface area contributed by atoms with Crippen molar-refractivity contribution in [1.29, 1.82) is 15.8 Å². The van der Waals surface area contributed by atoms with Gasteiger partial charge in [-0.2, -0.15) is 29.0 Å². The van der Waals surface area contributed by atoms with Crippen LogP contribution in [0.4, 0.5) is 13.2 Å². The van der Waals surface area contributed by atoms with Crippen LogP contribution in [0, 0.1) is 45.3 Å². The summed E-state index contributed by atoms with van der Waals surface area (Å²) in [5.41, 5.74) is 3.45. The highest BCUT2D eigenvalue weighted by Gasteiger charge is 2.59. The number of allylic oxidation sites excluding steroid dienone is 2. The molecule has 0 aromatic heterocycles. The van der Waals surface area contributed by atoms with Crippen LogP contribution in [0.15, 0.2) is 47.2 Å². The summed E-state index contributed by atoms with van der Waals surface area (Å²) in [6.45, 7) is 0. The van der Waals surface area contributed by atoms with Crippen molar-refractivity contribution in [2.45, 2.75) is 37.0 Å². The molecule has 0 spiro atoms. The first kappa shape index (κ1) is 20.0. The van der Waals surface area contributed by atoms with Gasteiger partial charge in [0.05, 0.1) is 29.0 Å². The van der Waals surface area contributed by atoms with E-state index in [1.54, 1.807) is 0 Å². The van der Waals surface area contributed by atoms with Gasteiger partial charge in [-0.3, -0.25) is 4.90 Å². The monoisotopic (exact) mass is 409 g/mol. The summed E-state index contributed by atoms with van der Waals surface area (Å²) in [4.78, 5) is 2.06. The van der Waals surface area contributed by atoms with Crippen LogP contribution in [0.1, 0.15) is 29.9 Å². The summed E-state index contributed by atoms with van der Waals surface area (Å²) in [5, 5.41) is 29.9. The van der Waals surface area contributed by atoms with E-state index in [9.17, 15) is 29.0 Å². The molecule has 152 valence electrons.